The van der Waals surface area contributed by atoms with Crippen LogP contribution in [0.2, 0.25) is 0 Å². The van der Waals surface area contributed by atoms with Crippen LogP contribution in [0.15, 0.2) is 24.3 Å². The fourth-order valence-corrected chi connectivity index (χ4v) is 6.77. The van der Waals surface area contributed by atoms with Crippen molar-refractivity contribution in [1.82, 2.24) is 5.32 Å². The van der Waals surface area contributed by atoms with E-state index in [1.165, 1.54) is 76.7 Å². The summed E-state index contributed by atoms with van der Waals surface area (Å²) in [5, 5.41) is 54.9. The van der Waals surface area contributed by atoms with E-state index in [4.69, 9.17) is 14.0 Å². The molecule has 13 nitrogen and oxygen atoms in total. The van der Waals surface area contributed by atoms with Gasteiger partial charge in [-0.3, -0.25) is 9.35 Å². The number of aliphatic hydroxyl groups is 5. The molecule has 0 spiro atoms. The van der Waals surface area contributed by atoms with Crippen LogP contribution in [0, 0.1) is 0 Å². The van der Waals surface area contributed by atoms with Crippen molar-refractivity contribution in [3.8, 4) is 0 Å². The van der Waals surface area contributed by atoms with E-state index in [0.29, 0.717) is 12.8 Å². The van der Waals surface area contributed by atoms with Crippen molar-refractivity contribution in [2.24, 2.45) is 0 Å². The standard InChI is InChI=1S/C39H73NO12S/c1-3-5-7-9-11-13-15-16-17-18-20-21-23-25-27-32(42)31(40-38(46)33(43)28-26-24-22-19-14-12-10-8-6-4-2)30-50-39-36(45)37(52-53(47,48)49)35(44)34(29-41)51-39/h10,12,25,27,31-37,39,41-45H,3-9,11,13-24,26,28-30H2,1-2H3,(H,40,46)(H,47,48,49)/b12-10-,27-25+. The molecule has 1 heterocycles. The monoisotopic (exact) mass is 779 g/mol. The normalized spacial score (nSPS) is 22.8. The van der Waals surface area contributed by atoms with Crippen LogP contribution in [0.3, 0.4) is 0 Å². The highest BCUT2D eigenvalue weighted by Crippen LogP contribution is 2.26. The van der Waals surface area contributed by atoms with Gasteiger partial charge in [-0.1, -0.05) is 141 Å². The lowest BCUT2D eigenvalue weighted by Gasteiger charge is -2.41. The van der Waals surface area contributed by atoms with Gasteiger partial charge in [-0.15, -0.1) is 0 Å². The highest BCUT2D eigenvalue weighted by atomic mass is 32.3. The summed E-state index contributed by atoms with van der Waals surface area (Å²) >= 11 is 0. The quantitative estimate of drug-likeness (QED) is 0.0248. The van der Waals surface area contributed by atoms with E-state index < -0.39 is 78.5 Å². The van der Waals surface area contributed by atoms with Crippen molar-refractivity contribution >= 4 is 16.3 Å². The first-order valence-corrected chi connectivity index (χ1v) is 21.7. The molecule has 0 aromatic heterocycles. The number of hydrogen-bond acceptors (Lipinski definition) is 11. The molecule has 1 aliphatic rings. The molecule has 1 rings (SSSR count). The zero-order chi connectivity index (χ0) is 39.3. The maximum atomic E-state index is 13.0. The fourth-order valence-electron chi connectivity index (χ4n) is 6.26. The van der Waals surface area contributed by atoms with Crippen molar-refractivity contribution in [2.45, 2.75) is 204 Å². The van der Waals surface area contributed by atoms with Crippen molar-refractivity contribution in [1.29, 1.82) is 0 Å². The molecule has 1 aliphatic heterocycles. The van der Waals surface area contributed by atoms with E-state index in [1.807, 2.05) is 6.08 Å². The van der Waals surface area contributed by atoms with Gasteiger partial charge in [0.15, 0.2) is 6.29 Å². The Morgan fingerprint density at radius 2 is 1.26 bits per heavy atom. The van der Waals surface area contributed by atoms with E-state index in [-0.39, 0.29) is 6.42 Å². The Hall–Kier alpha value is -1.46. The Bertz CT molecular complexity index is 1070. The molecule has 0 aromatic carbocycles. The molecule has 0 radical (unpaired) electrons. The smallest absolute Gasteiger partial charge is 0.394 e. The van der Waals surface area contributed by atoms with E-state index in [1.54, 1.807) is 0 Å². The Morgan fingerprint density at radius 1 is 0.755 bits per heavy atom. The summed E-state index contributed by atoms with van der Waals surface area (Å²) in [6, 6.07) is -1.12. The third-order valence-electron chi connectivity index (χ3n) is 9.58. The SMILES string of the molecule is CCCC/C=C\CCCCCCC(O)C(=O)NC(COC1OC(CO)C(O)C(OS(=O)(=O)O)C1O)C(O)/C=C/CCCCCCCCCCCCCC. The maximum absolute atomic E-state index is 13.0. The number of hydrogen-bond donors (Lipinski definition) is 7. The lowest BCUT2D eigenvalue weighted by atomic mass is 9.99. The lowest BCUT2D eigenvalue weighted by Crippen LogP contribution is -2.61. The topological polar surface area (TPSA) is 212 Å². The predicted molar refractivity (Wildman–Crippen MR) is 205 cm³/mol. The van der Waals surface area contributed by atoms with Crippen LogP contribution in [-0.2, 0) is 28.9 Å². The highest BCUT2D eigenvalue weighted by molar-refractivity contribution is 7.80. The number of carbonyl (C=O) groups excluding carboxylic acids is 1. The average molecular weight is 780 g/mol. The summed E-state index contributed by atoms with van der Waals surface area (Å²) in [7, 11) is -5.11. The Labute approximate surface area is 319 Å². The number of carbonyl (C=O) groups is 1. The second-order valence-electron chi connectivity index (χ2n) is 14.4. The largest absolute Gasteiger partial charge is 0.397 e. The third-order valence-corrected chi connectivity index (χ3v) is 10.0. The molecular weight excluding hydrogens is 706 g/mol. The number of amides is 1. The van der Waals surface area contributed by atoms with Gasteiger partial charge in [0, 0.05) is 0 Å². The molecule has 8 atom stereocenters. The first-order valence-electron chi connectivity index (χ1n) is 20.3. The second-order valence-corrected chi connectivity index (χ2v) is 15.4. The molecule has 0 bridgehead atoms. The zero-order valence-corrected chi connectivity index (χ0v) is 33.3. The molecule has 7 N–H and O–H groups in total. The van der Waals surface area contributed by atoms with Crippen LogP contribution < -0.4 is 5.32 Å². The molecule has 8 unspecified atom stereocenters. The summed E-state index contributed by atoms with van der Waals surface area (Å²) in [5.41, 5.74) is 0. The molecule has 0 aromatic rings. The molecular formula is C39H73NO12S. The van der Waals surface area contributed by atoms with Gasteiger partial charge in [0.05, 0.1) is 25.4 Å². The van der Waals surface area contributed by atoms with Gasteiger partial charge in [0.25, 0.3) is 0 Å². The molecule has 312 valence electrons. The minimum absolute atomic E-state index is 0.228. The molecule has 1 fully saturated rings. The summed E-state index contributed by atoms with van der Waals surface area (Å²) < 4.78 is 47.3. The Kier molecular flexibility index (Phi) is 28.7. The van der Waals surface area contributed by atoms with Gasteiger partial charge in [-0.2, -0.15) is 8.42 Å². The van der Waals surface area contributed by atoms with E-state index >= 15 is 0 Å². The van der Waals surface area contributed by atoms with Crippen molar-refractivity contribution in [3.63, 3.8) is 0 Å². The molecule has 0 saturated carbocycles. The van der Waals surface area contributed by atoms with E-state index in [0.717, 1.165) is 51.4 Å². The fraction of sp³-hybridized carbons (Fsp3) is 0.872. The van der Waals surface area contributed by atoms with Gasteiger partial charge in [-0.05, 0) is 38.5 Å². The number of ether oxygens (including phenoxy) is 2. The molecule has 14 heteroatoms. The molecule has 1 amide bonds. The van der Waals surface area contributed by atoms with Crippen LogP contribution in [0.4, 0.5) is 0 Å². The lowest BCUT2D eigenvalue weighted by molar-refractivity contribution is -0.298. The number of unbranched alkanes of at least 4 members (excludes halogenated alkanes) is 18. The van der Waals surface area contributed by atoms with Gasteiger partial charge < -0.3 is 40.3 Å². The Morgan fingerprint density at radius 3 is 1.81 bits per heavy atom. The zero-order valence-electron chi connectivity index (χ0n) is 32.4. The summed E-state index contributed by atoms with van der Waals surface area (Å²) in [4.78, 5) is 13.0. The number of allylic oxidation sites excluding steroid dienone is 3. The van der Waals surface area contributed by atoms with Crippen molar-refractivity contribution in [3.05, 3.63) is 24.3 Å². The molecule has 53 heavy (non-hydrogen) atoms. The van der Waals surface area contributed by atoms with Crippen molar-refractivity contribution in [2.75, 3.05) is 13.2 Å². The summed E-state index contributed by atoms with van der Waals surface area (Å²) in [6.07, 6.45) is 19.9. The minimum Gasteiger partial charge on any atom is -0.394 e. The maximum Gasteiger partial charge on any atom is 0.397 e. The summed E-state index contributed by atoms with van der Waals surface area (Å²) in [6.45, 7) is 3.12. The van der Waals surface area contributed by atoms with Crippen LogP contribution >= 0.6 is 0 Å². The first kappa shape index (κ1) is 49.6. The van der Waals surface area contributed by atoms with Gasteiger partial charge in [0.2, 0.25) is 5.91 Å². The minimum atomic E-state index is -5.11. The first-order chi connectivity index (χ1) is 25.4. The summed E-state index contributed by atoms with van der Waals surface area (Å²) in [5.74, 6) is -0.716. The Balaban J connectivity index is 2.70. The number of aliphatic hydroxyl groups excluding tert-OH is 5. The van der Waals surface area contributed by atoms with Crippen LogP contribution in [-0.4, -0.2) is 107 Å². The van der Waals surface area contributed by atoms with E-state index in [9.17, 15) is 38.7 Å². The van der Waals surface area contributed by atoms with Gasteiger partial charge in [-0.25, -0.2) is 4.18 Å². The number of nitrogens with one attached hydrogen (secondary N) is 1. The van der Waals surface area contributed by atoms with Crippen LogP contribution in [0.5, 0.6) is 0 Å². The van der Waals surface area contributed by atoms with Crippen LogP contribution in [0.1, 0.15) is 155 Å². The number of rotatable bonds is 33. The van der Waals surface area contributed by atoms with E-state index in [2.05, 4.69) is 35.5 Å². The second kappa shape index (κ2) is 30.7. The van der Waals surface area contributed by atoms with Gasteiger partial charge >= 0.3 is 10.4 Å². The third kappa shape index (κ3) is 23.9. The van der Waals surface area contributed by atoms with Gasteiger partial charge in [0.1, 0.15) is 30.5 Å². The predicted octanol–water partition coefficient (Wildman–Crippen LogP) is 5.57. The molecule has 1 saturated heterocycles. The van der Waals surface area contributed by atoms with Crippen LogP contribution in [0.25, 0.3) is 0 Å². The van der Waals surface area contributed by atoms with Crippen molar-refractivity contribution < 1.29 is 57.0 Å². The molecule has 0 aliphatic carbocycles. The average Bonchev–Trinajstić information content (AvgIpc) is 3.12. The highest BCUT2D eigenvalue weighted by Gasteiger charge is 2.48.